The molecule has 3 heteroatoms. The van der Waals surface area contributed by atoms with E-state index in [1.807, 2.05) is 37.3 Å². The number of hydrogen-bond donors (Lipinski definition) is 1. The molecule has 1 aromatic rings. The van der Waals surface area contributed by atoms with Gasteiger partial charge in [0.25, 0.3) is 0 Å². The summed E-state index contributed by atoms with van der Waals surface area (Å²) >= 11 is 0. The molecule has 0 fully saturated rings. The Morgan fingerprint density at radius 3 is 2.55 bits per heavy atom. The predicted molar refractivity (Wildman–Crippen MR) is 86.4 cm³/mol. The molecule has 1 N–H and O–H groups in total. The van der Waals surface area contributed by atoms with E-state index in [0.717, 1.165) is 23.3 Å². The number of benzene rings is 1. The van der Waals surface area contributed by atoms with E-state index in [2.05, 4.69) is 6.92 Å². The van der Waals surface area contributed by atoms with Gasteiger partial charge in [0, 0.05) is 4.90 Å². The van der Waals surface area contributed by atoms with E-state index in [-0.39, 0.29) is 5.75 Å². The van der Waals surface area contributed by atoms with Crippen molar-refractivity contribution in [1.82, 2.24) is 0 Å². The average molecular weight is 294 g/mol. The van der Waals surface area contributed by atoms with Gasteiger partial charge in [0.1, 0.15) is 0 Å². The molecule has 1 aromatic carbocycles. The highest BCUT2D eigenvalue weighted by Crippen LogP contribution is 2.10. The largest absolute Gasteiger partial charge is 0.388 e. The fourth-order valence-corrected chi connectivity index (χ4v) is 2.99. The third-order valence-corrected chi connectivity index (χ3v) is 4.63. The van der Waals surface area contributed by atoms with Gasteiger partial charge in [-0.05, 0) is 31.9 Å². The molecular formula is C17H26O2S. The fraction of sp³-hybridized carbons (Fsp3) is 0.529. The van der Waals surface area contributed by atoms with E-state index >= 15 is 0 Å². The Morgan fingerprint density at radius 1 is 1.20 bits per heavy atom. The van der Waals surface area contributed by atoms with Crippen molar-refractivity contribution in [3.8, 4) is 0 Å². The lowest BCUT2D eigenvalue weighted by atomic mass is 10.1. The maximum absolute atomic E-state index is 12.1. The standard InChI is InChI=1S/C17H26O2S/c1-3-4-5-6-7-8-9-16(18)14-20(19)17-12-10-15(2)11-13-17/h8-13,16,18H,3-7,14H2,1-2H3/b9-8-/t16-,20+/m1/s1. The molecule has 0 spiro atoms. The van der Waals surface area contributed by atoms with Crippen molar-refractivity contribution < 1.29 is 9.32 Å². The monoisotopic (exact) mass is 294 g/mol. The van der Waals surface area contributed by atoms with Crippen LogP contribution >= 0.6 is 0 Å². The van der Waals surface area contributed by atoms with Crippen molar-refractivity contribution in [1.29, 1.82) is 0 Å². The van der Waals surface area contributed by atoms with Crippen LogP contribution in [-0.4, -0.2) is 21.2 Å². The van der Waals surface area contributed by atoms with Gasteiger partial charge in [-0.2, -0.15) is 0 Å². The van der Waals surface area contributed by atoms with Gasteiger partial charge in [0.15, 0.2) is 0 Å². The summed E-state index contributed by atoms with van der Waals surface area (Å²) in [6.45, 7) is 4.20. The van der Waals surface area contributed by atoms with Crippen molar-refractivity contribution in [3.05, 3.63) is 42.0 Å². The Kier molecular flexibility index (Phi) is 8.47. The van der Waals surface area contributed by atoms with Crippen LogP contribution in [0.15, 0.2) is 41.3 Å². The molecule has 0 bridgehead atoms. The first-order valence-electron chi connectivity index (χ1n) is 7.43. The predicted octanol–water partition coefficient (Wildman–Crippen LogP) is 3.99. The molecule has 112 valence electrons. The number of hydrogen-bond acceptors (Lipinski definition) is 2. The van der Waals surface area contributed by atoms with Gasteiger partial charge in [0.05, 0.1) is 22.7 Å². The minimum atomic E-state index is -1.13. The molecule has 0 saturated carbocycles. The fourth-order valence-electron chi connectivity index (χ4n) is 1.94. The zero-order valence-corrected chi connectivity index (χ0v) is 13.4. The van der Waals surface area contributed by atoms with Gasteiger partial charge < -0.3 is 5.11 Å². The molecule has 0 unspecified atom stereocenters. The minimum absolute atomic E-state index is 0.272. The second-order valence-corrected chi connectivity index (χ2v) is 6.67. The first-order chi connectivity index (χ1) is 9.63. The number of rotatable bonds is 9. The van der Waals surface area contributed by atoms with E-state index in [1.165, 1.54) is 19.3 Å². The minimum Gasteiger partial charge on any atom is -0.388 e. The van der Waals surface area contributed by atoms with E-state index in [9.17, 15) is 9.32 Å². The molecule has 0 aromatic heterocycles. The number of aliphatic hydroxyl groups is 1. The van der Waals surface area contributed by atoms with Crippen LogP contribution in [0.5, 0.6) is 0 Å². The zero-order chi connectivity index (χ0) is 14.8. The third-order valence-electron chi connectivity index (χ3n) is 3.19. The summed E-state index contributed by atoms with van der Waals surface area (Å²) < 4.78 is 12.1. The molecule has 0 aliphatic rings. The van der Waals surface area contributed by atoms with Crippen LogP contribution in [0.1, 0.15) is 44.6 Å². The summed E-state index contributed by atoms with van der Waals surface area (Å²) in [7, 11) is -1.13. The van der Waals surface area contributed by atoms with Crippen LogP contribution in [0.25, 0.3) is 0 Å². The molecule has 0 heterocycles. The van der Waals surface area contributed by atoms with Gasteiger partial charge >= 0.3 is 0 Å². The Balaban J connectivity index is 2.30. The van der Waals surface area contributed by atoms with Crippen molar-refractivity contribution in [2.24, 2.45) is 0 Å². The van der Waals surface area contributed by atoms with Crippen LogP contribution in [-0.2, 0) is 10.8 Å². The summed E-state index contributed by atoms with van der Waals surface area (Å²) in [5, 5.41) is 9.86. The number of unbranched alkanes of at least 4 members (excludes halogenated alkanes) is 4. The van der Waals surface area contributed by atoms with Crippen molar-refractivity contribution >= 4 is 10.8 Å². The first kappa shape index (κ1) is 17.1. The highest BCUT2D eigenvalue weighted by atomic mass is 32.2. The molecule has 0 radical (unpaired) electrons. The number of allylic oxidation sites excluding steroid dienone is 1. The lowest BCUT2D eigenvalue weighted by molar-refractivity contribution is 0.247. The van der Waals surface area contributed by atoms with Crippen LogP contribution in [0.2, 0.25) is 0 Å². The molecule has 1 rings (SSSR count). The maximum Gasteiger partial charge on any atom is 0.0839 e. The van der Waals surface area contributed by atoms with E-state index < -0.39 is 16.9 Å². The van der Waals surface area contributed by atoms with Gasteiger partial charge in [0.2, 0.25) is 0 Å². The van der Waals surface area contributed by atoms with Crippen molar-refractivity contribution in [2.75, 3.05) is 5.75 Å². The normalized spacial score (nSPS) is 14.6. The quantitative estimate of drug-likeness (QED) is 0.552. The molecule has 0 saturated heterocycles. The molecule has 2 atom stereocenters. The Hall–Kier alpha value is -0.930. The second-order valence-electron chi connectivity index (χ2n) is 5.17. The zero-order valence-electron chi connectivity index (χ0n) is 12.5. The lowest BCUT2D eigenvalue weighted by Crippen LogP contribution is -2.14. The first-order valence-corrected chi connectivity index (χ1v) is 8.75. The van der Waals surface area contributed by atoms with Crippen molar-refractivity contribution in [3.63, 3.8) is 0 Å². The number of aryl methyl sites for hydroxylation is 1. The summed E-state index contributed by atoms with van der Waals surface area (Å²) in [5.74, 6) is 0.272. The maximum atomic E-state index is 12.1. The van der Waals surface area contributed by atoms with Crippen molar-refractivity contribution in [2.45, 2.75) is 57.0 Å². The van der Waals surface area contributed by atoms with E-state index in [0.29, 0.717) is 0 Å². The highest BCUT2D eigenvalue weighted by molar-refractivity contribution is 7.85. The van der Waals surface area contributed by atoms with Crippen LogP contribution in [0.3, 0.4) is 0 Å². The van der Waals surface area contributed by atoms with Gasteiger partial charge in [-0.3, -0.25) is 4.21 Å². The Labute approximate surface area is 125 Å². The van der Waals surface area contributed by atoms with Crippen LogP contribution < -0.4 is 0 Å². The molecule has 20 heavy (non-hydrogen) atoms. The summed E-state index contributed by atoms with van der Waals surface area (Å²) in [4.78, 5) is 0.783. The second kappa shape index (κ2) is 9.89. The summed E-state index contributed by atoms with van der Waals surface area (Å²) in [6, 6.07) is 7.63. The number of aliphatic hydroxyl groups excluding tert-OH is 1. The summed E-state index contributed by atoms with van der Waals surface area (Å²) in [6.07, 6.45) is 9.07. The van der Waals surface area contributed by atoms with Gasteiger partial charge in [-0.15, -0.1) is 0 Å². The molecule has 0 aliphatic heterocycles. The van der Waals surface area contributed by atoms with E-state index in [4.69, 9.17) is 0 Å². The van der Waals surface area contributed by atoms with Crippen LogP contribution in [0.4, 0.5) is 0 Å². The Bertz CT molecular complexity index is 423. The van der Waals surface area contributed by atoms with E-state index in [1.54, 1.807) is 6.08 Å². The Morgan fingerprint density at radius 2 is 1.90 bits per heavy atom. The molecule has 0 aliphatic carbocycles. The molecule has 0 amide bonds. The molecular weight excluding hydrogens is 268 g/mol. The highest BCUT2D eigenvalue weighted by Gasteiger charge is 2.08. The topological polar surface area (TPSA) is 37.3 Å². The van der Waals surface area contributed by atoms with Gasteiger partial charge in [-0.1, -0.05) is 56.0 Å². The van der Waals surface area contributed by atoms with Gasteiger partial charge in [-0.25, -0.2) is 0 Å². The third kappa shape index (κ3) is 7.01. The average Bonchev–Trinajstić information content (AvgIpc) is 2.43. The smallest absolute Gasteiger partial charge is 0.0839 e. The summed E-state index contributed by atoms with van der Waals surface area (Å²) in [5.41, 5.74) is 1.15. The lowest BCUT2D eigenvalue weighted by Gasteiger charge is -2.06. The van der Waals surface area contributed by atoms with Crippen LogP contribution in [0, 0.1) is 6.92 Å². The molecule has 2 nitrogen and oxygen atoms in total. The SMILES string of the molecule is CCCCCC/C=C\[C@@H](O)C[S@](=O)c1ccc(C)cc1.